The Morgan fingerprint density at radius 2 is 1.90 bits per heavy atom. The van der Waals surface area contributed by atoms with Crippen LogP contribution in [0.4, 0.5) is 8.78 Å². The molecule has 0 bridgehead atoms. The van der Waals surface area contributed by atoms with Crippen molar-refractivity contribution < 1.29 is 13.6 Å². The van der Waals surface area contributed by atoms with Crippen molar-refractivity contribution in [2.75, 3.05) is 0 Å². The Labute approximate surface area is 117 Å². The van der Waals surface area contributed by atoms with Crippen LogP contribution >= 0.6 is 11.3 Å². The summed E-state index contributed by atoms with van der Waals surface area (Å²) in [4.78, 5) is 16.4. The van der Waals surface area contributed by atoms with E-state index >= 15 is 0 Å². The Kier molecular flexibility index (Phi) is 3.28. The van der Waals surface area contributed by atoms with Crippen LogP contribution in [0.5, 0.6) is 0 Å². The molecule has 1 heterocycles. The number of aromatic nitrogens is 1. The number of Topliss-reactive ketones (excluding diaryl/α,β-unsaturated/α-hetero) is 1. The molecule has 5 heteroatoms. The molecular weight excluding hydrogens is 280 g/mol. The van der Waals surface area contributed by atoms with E-state index in [-0.39, 0.29) is 17.8 Å². The van der Waals surface area contributed by atoms with Crippen LogP contribution in [0.3, 0.4) is 0 Å². The highest BCUT2D eigenvalue weighted by Crippen LogP contribution is 2.23. The molecule has 0 fully saturated rings. The second-order valence-corrected chi connectivity index (χ2v) is 5.42. The third-order valence-corrected chi connectivity index (χ3v) is 3.93. The fourth-order valence-electron chi connectivity index (χ4n) is 1.90. The maximum atomic E-state index is 13.1. The molecule has 2 aromatic carbocycles. The van der Waals surface area contributed by atoms with Crippen molar-refractivity contribution in [2.45, 2.75) is 6.42 Å². The summed E-state index contributed by atoms with van der Waals surface area (Å²) in [5.41, 5.74) is 0.994. The van der Waals surface area contributed by atoms with E-state index in [9.17, 15) is 13.6 Å². The number of fused-ring (bicyclic) bond motifs is 1. The van der Waals surface area contributed by atoms with Gasteiger partial charge in [0, 0.05) is 5.56 Å². The molecule has 100 valence electrons. The molecule has 0 unspecified atom stereocenters. The molecule has 0 radical (unpaired) electrons. The van der Waals surface area contributed by atoms with Gasteiger partial charge in [-0.2, -0.15) is 0 Å². The minimum absolute atomic E-state index is 0.0877. The topological polar surface area (TPSA) is 30.0 Å². The summed E-state index contributed by atoms with van der Waals surface area (Å²) in [6, 6.07) is 10.8. The number of hydrogen-bond acceptors (Lipinski definition) is 3. The highest BCUT2D eigenvalue weighted by Gasteiger charge is 2.13. The number of carbonyl (C=O) groups is 1. The van der Waals surface area contributed by atoms with Gasteiger partial charge in [0.2, 0.25) is 0 Å². The van der Waals surface area contributed by atoms with Gasteiger partial charge < -0.3 is 0 Å². The molecule has 3 rings (SSSR count). The van der Waals surface area contributed by atoms with Gasteiger partial charge in [0.05, 0.1) is 16.6 Å². The summed E-state index contributed by atoms with van der Waals surface area (Å²) in [5, 5.41) is 0.668. The Morgan fingerprint density at radius 3 is 2.65 bits per heavy atom. The Hall–Kier alpha value is -2.14. The molecule has 0 saturated heterocycles. The van der Waals surface area contributed by atoms with Crippen molar-refractivity contribution in [2.24, 2.45) is 0 Å². The molecule has 1 aromatic heterocycles. The van der Waals surface area contributed by atoms with Crippen molar-refractivity contribution in [1.29, 1.82) is 0 Å². The lowest BCUT2D eigenvalue weighted by Gasteiger charge is -1.99. The van der Waals surface area contributed by atoms with Crippen LogP contribution in [0.2, 0.25) is 0 Å². The minimum Gasteiger partial charge on any atom is -0.294 e. The van der Waals surface area contributed by atoms with Gasteiger partial charge in [0.25, 0.3) is 0 Å². The van der Waals surface area contributed by atoms with Crippen LogP contribution in [0.15, 0.2) is 42.5 Å². The zero-order chi connectivity index (χ0) is 14.1. The van der Waals surface area contributed by atoms with Gasteiger partial charge in [0.15, 0.2) is 17.4 Å². The molecule has 0 N–H and O–H groups in total. The van der Waals surface area contributed by atoms with Gasteiger partial charge in [0.1, 0.15) is 5.01 Å². The summed E-state index contributed by atoms with van der Waals surface area (Å²) < 4.78 is 26.9. The van der Waals surface area contributed by atoms with Crippen LogP contribution in [0.1, 0.15) is 15.4 Å². The number of ketones is 1. The Bertz CT molecular complexity index is 764. The third-order valence-electron chi connectivity index (χ3n) is 2.89. The normalized spacial score (nSPS) is 10.9. The van der Waals surface area contributed by atoms with Gasteiger partial charge in [-0.15, -0.1) is 11.3 Å². The molecule has 2 nitrogen and oxygen atoms in total. The average Bonchev–Trinajstić information content (AvgIpc) is 2.83. The maximum Gasteiger partial charge on any atom is 0.169 e. The van der Waals surface area contributed by atoms with E-state index in [0.29, 0.717) is 5.01 Å². The SMILES string of the molecule is O=C(Cc1nc2ccccc2s1)c1ccc(F)c(F)c1. The molecule has 0 aliphatic carbocycles. The molecule has 0 atom stereocenters. The summed E-state index contributed by atoms with van der Waals surface area (Å²) in [5.74, 6) is -2.25. The molecule has 3 aromatic rings. The fourth-order valence-corrected chi connectivity index (χ4v) is 2.87. The van der Waals surface area contributed by atoms with E-state index in [2.05, 4.69) is 4.98 Å². The molecule has 0 aliphatic heterocycles. The van der Waals surface area contributed by atoms with E-state index in [1.165, 1.54) is 17.4 Å². The van der Waals surface area contributed by atoms with E-state index in [4.69, 9.17) is 0 Å². The lowest BCUT2D eigenvalue weighted by atomic mass is 10.1. The lowest BCUT2D eigenvalue weighted by molar-refractivity contribution is 0.0992. The number of halogens is 2. The summed E-state index contributed by atoms with van der Waals surface area (Å²) in [7, 11) is 0. The minimum atomic E-state index is -1.01. The maximum absolute atomic E-state index is 13.1. The van der Waals surface area contributed by atoms with Crippen molar-refractivity contribution >= 4 is 27.3 Å². The summed E-state index contributed by atoms with van der Waals surface area (Å²) in [6.45, 7) is 0. The first kappa shape index (κ1) is 12.9. The Balaban J connectivity index is 1.86. The van der Waals surface area contributed by atoms with Crippen LogP contribution in [-0.2, 0) is 6.42 Å². The number of nitrogens with zero attached hydrogens (tertiary/aromatic N) is 1. The fraction of sp³-hybridized carbons (Fsp3) is 0.0667. The predicted octanol–water partition coefficient (Wildman–Crippen LogP) is 4.00. The van der Waals surface area contributed by atoms with Crippen molar-refractivity contribution in [1.82, 2.24) is 4.98 Å². The average molecular weight is 289 g/mol. The zero-order valence-corrected chi connectivity index (χ0v) is 11.1. The van der Waals surface area contributed by atoms with Crippen LogP contribution in [0, 0.1) is 11.6 Å². The number of benzene rings is 2. The van der Waals surface area contributed by atoms with Gasteiger partial charge in [-0.05, 0) is 30.3 Å². The van der Waals surface area contributed by atoms with E-state index < -0.39 is 11.6 Å². The van der Waals surface area contributed by atoms with E-state index in [0.717, 1.165) is 22.3 Å². The van der Waals surface area contributed by atoms with Gasteiger partial charge in [-0.1, -0.05) is 12.1 Å². The monoisotopic (exact) mass is 289 g/mol. The first-order valence-electron chi connectivity index (χ1n) is 5.96. The molecule has 0 saturated carbocycles. The zero-order valence-electron chi connectivity index (χ0n) is 10.3. The van der Waals surface area contributed by atoms with Crippen molar-refractivity contribution in [3.05, 3.63) is 64.7 Å². The second kappa shape index (κ2) is 5.09. The molecule has 0 spiro atoms. The smallest absolute Gasteiger partial charge is 0.169 e. The summed E-state index contributed by atoms with van der Waals surface area (Å²) >= 11 is 1.43. The number of hydrogen-bond donors (Lipinski definition) is 0. The summed E-state index contributed by atoms with van der Waals surface area (Å²) in [6.07, 6.45) is 0.0877. The molecular formula is C15H9F2NOS. The van der Waals surface area contributed by atoms with Gasteiger partial charge in [-0.3, -0.25) is 4.79 Å². The first-order chi connectivity index (χ1) is 9.63. The standard InChI is InChI=1S/C15H9F2NOS/c16-10-6-5-9(7-11(10)17)13(19)8-15-18-12-3-1-2-4-14(12)20-15/h1-7H,8H2. The Morgan fingerprint density at radius 1 is 1.10 bits per heavy atom. The molecule has 0 amide bonds. The van der Waals surface area contributed by atoms with Crippen molar-refractivity contribution in [3.8, 4) is 0 Å². The largest absolute Gasteiger partial charge is 0.294 e. The van der Waals surface area contributed by atoms with Crippen LogP contribution in [-0.4, -0.2) is 10.8 Å². The number of rotatable bonds is 3. The molecule has 0 aliphatic rings. The first-order valence-corrected chi connectivity index (χ1v) is 6.78. The van der Waals surface area contributed by atoms with Crippen molar-refractivity contribution in [3.63, 3.8) is 0 Å². The third kappa shape index (κ3) is 2.44. The molecule has 20 heavy (non-hydrogen) atoms. The quantitative estimate of drug-likeness (QED) is 0.682. The van der Waals surface area contributed by atoms with Gasteiger partial charge in [-0.25, -0.2) is 13.8 Å². The highest BCUT2D eigenvalue weighted by molar-refractivity contribution is 7.18. The van der Waals surface area contributed by atoms with Crippen LogP contribution in [0.25, 0.3) is 10.2 Å². The van der Waals surface area contributed by atoms with E-state index in [1.54, 1.807) is 0 Å². The highest BCUT2D eigenvalue weighted by atomic mass is 32.1. The van der Waals surface area contributed by atoms with Gasteiger partial charge >= 0.3 is 0 Å². The predicted molar refractivity (Wildman–Crippen MR) is 74.0 cm³/mol. The number of carbonyl (C=O) groups excluding carboxylic acids is 1. The second-order valence-electron chi connectivity index (χ2n) is 4.30. The number of para-hydroxylation sites is 1. The van der Waals surface area contributed by atoms with E-state index in [1.807, 2.05) is 24.3 Å². The lowest BCUT2D eigenvalue weighted by Crippen LogP contribution is -2.04. The number of thiazole rings is 1. The van der Waals surface area contributed by atoms with Crippen LogP contribution < -0.4 is 0 Å².